The van der Waals surface area contributed by atoms with Crippen molar-refractivity contribution in [2.24, 2.45) is 0 Å². The Labute approximate surface area is 414 Å². The summed E-state index contributed by atoms with van der Waals surface area (Å²) in [6.07, 6.45) is 14.2. The molecule has 0 aliphatic carbocycles. The number of thioether (sulfide) groups is 10. The van der Waals surface area contributed by atoms with Crippen molar-refractivity contribution in [3.63, 3.8) is 0 Å². The van der Waals surface area contributed by atoms with Gasteiger partial charge in [0.15, 0.2) is 10.2 Å². The van der Waals surface area contributed by atoms with Crippen molar-refractivity contribution >= 4 is 140 Å². The summed E-state index contributed by atoms with van der Waals surface area (Å²) in [5, 5.41) is 0.136. The van der Waals surface area contributed by atoms with Gasteiger partial charge in [-0.3, -0.25) is 9.59 Å². The lowest BCUT2D eigenvalue weighted by Crippen LogP contribution is -1.92. The molecular formula is C50H54O2S10. The highest BCUT2D eigenvalue weighted by atomic mass is 32.3. The smallest absolute Gasteiger partial charge is 0.190 e. The van der Waals surface area contributed by atoms with Crippen LogP contribution < -0.4 is 0 Å². The lowest BCUT2D eigenvalue weighted by Gasteiger charge is -2.09. The summed E-state index contributed by atoms with van der Waals surface area (Å²) in [6.45, 7) is 12.2. The first-order valence-corrected chi connectivity index (χ1v) is 30.0. The molecule has 0 saturated carbocycles. The van der Waals surface area contributed by atoms with Crippen molar-refractivity contribution in [1.29, 1.82) is 0 Å². The van der Waals surface area contributed by atoms with Gasteiger partial charge in [0.2, 0.25) is 0 Å². The number of benzene rings is 3. The molecule has 0 atom stereocenters. The van der Waals surface area contributed by atoms with Crippen LogP contribution in [0.25, 0.3) is 12.2 Å². The molecule has 0 spiro atoms. The normalized spacial score (nSPS) is 13.6. The van der Waals surface area contributed by atoms with Crippen molar-refractivity contribution in [1.82, 2.24) is 0 Å². The molecule has 2 aliphatic heterocycles. The van der Waals surface area contributed by atoms with Gasteiger partial charge in [-0.15, -0.1) is 47.0 Å². The summed E-state index contributed by atoms with van der Waals surface area (Å²) in [4.78, 5) is 25.4. The standard InChI is InChI=1S/C50H54O2S10/c1-7-11-27-53-47-48(54-28-12-8-2)60-45(59-47)33-41-31-40(22-16-38-19-25-44(26-20-38)58-36(6)52)42(32-39(41)21-15-37-17-23-43(24-18-37)57-35(5)51)34-46-61-49(55-29-13-9-3)50(62-46)56-30-14-10-4/h17-20,23-26,31-34H,7-14,27-30H2,1-6H3. The van der Waals surface area contributed by atoms with Gasteiger partial charge in [-0.05, 0) is 133 Å². The summed E-state index contributed by atoms with van der Waals surface area (Å²) in [5.41, 5.74) is 5.79. The van der Waals surface area contributed by atoms with Crippen LogP contribution in [0.3, 0.4) is 0 Å². The third-order valence-electron chi connectivity index (χ3n) is 8.71. The van der Waals surface area contributed by atoms with Gasteiger partial charge >= 0.3 is 0 Å². The number of hydrogen-bond acceptors (Lipinski definition) is 12. The van der Waals surface area contributed by atoms with E-state index < -0.39 is 0 Å². The molecule has 0 fully saturated rings. The molecule has 0 bridgehead atoms. The maximum absolute atomic E-state index is 11.8. The van der Waals surface area contributed by atoms with Crippen LogP contribution in [-0.2, 0) is 9.59 Å². The van der Waals surface area contributed by atoms with Crippen LogP contribution in [0, 0.1) is 23.7 Å². The van der Waals surface area contributed by atoms with Crippen molar-refractivity contribution in [2.75, 3.05) is 23.0 Å². The second kappa shape index (κ2) is 28.6. The fourth-order valence-corrected chi connectivity index (χ4v) is 18.8. The van der Waals surface area contributed by atoms with E-state index in [1.54, 1.807) is 13.8 Å². The van der Waals surface area contributed by atoms with E-state index in [1.165, 1.54) is 100 Å². The van der Waals surface area contributed by atoms with Gasteiger partial charge in [-0.2, -0.15) is 0 Å². The molecule has 3 aromatic rings. The zero-order chi connectivity index (χ0) is 44.1. The SMILES string of the molecule is CCCCSC1=C(SCCCC)SC(=Cc2cc(C#Cc3ccc(SC(C)=O)cc3)c(C=C3SC(SCCCC)=C(SCCCC)S3)cc2C#Cc2ccc(SC(C)=O)cc2)S1. The number of hydrogen-bond donors (Lipinski definition) is 0. The minimum atomic E-state index is 0.0680. The van der Waals surface area contributed by atoms with Gasteiger partial charge in [0.25, 0.3) is 0 Å². The molecule has 3 aromatic carbocycles. The van der Waals surface area contributed by atoms with Crippen LogP contribution in [0.5, 0.6) is 0 Å². The summed E-state index contributed by atoms with van der Waals surface area (Å²) >= 11 is 18.1. The first kappa shape index (κ1) is 51.6. The highest BCUT2D eigenvalue weighted by Gasteiger charge is 2.24. The molecule has 2 heterocycles. The van der Waals surface area contributed by atoms with E-state index in [2.05, 4.69) is 75.7 Å². The maximum atomic E-state index is 11.8. The number of unbranched alkanes of at least 4 members (excludes halogenated alkanes) is 4. The third kappa shape index (κ3) is 17.8. The second-order valence-corrected chi connectivity index (χ2v) is 26.7. The Kier molecular flexibility index (Phi) is 23.8. The Hall–Kier alpha value is -1.42. The fraction of sp³-hybridized carbons (Fsp3) is 0.360. The Balaban J connectivity index is 1.62. The van der Waals surface area contributed by atoms with Crippen molar-refractivity contribution in [2.45, 2.75) is 103 Å². The summed E-state index contributed by atoms with van der Waals surface area (Å²) in [7, 11) is 0. The number of rotatable bonds is 20. The van der Waals surface area contributed by atoms with Crippen molar-refractivity contribution in [3.05, 3.63) is 119 Å². The van der Waals surface area contributed by atoms with Gasteiger partial charge in [0, 0.05) is 45.9 Å². The van der Waals surface area contributed by atoms with E-state index in [0.717, 1.165) is 66.2 Å². The van der Waals surface area contributed by atoms with E-state index >= 15 is 0 Å². The molecule has 12 heteroatoms. The van der Waals surface area contributed by atoms with Gasteiger partial charge in [-0.25, -0.2) is 0 Å². The van der Waals surface area contributed by atoms with E-state index in [-0.39, 0.29) is 10.2 Å². The molecule has 5 rings (SSSR count). The number of carbonyl (C=O) groups is 2. The second-order valence-electron chi connectivity index (χ2n) is 14.1. The van der Waals surface area contributed by atoms with Crippen LogP contribution in [0.1, 0.15) is 126 Å². The van der Waals surface area contributed by atoms with Crippen molar-refractivity contribution in [3.8, 4) is 23.7 Å². The minimum absolute atomic E-state index is 0.0680. The topological polar surface area (TPSA) is 34.1 Å². The van der Waals surface area contributed by atoms with Crippen LogP contribution >= 0.6 is 118 Å². The fourth-order valence-electron chi connectivity index (χ4n) is 5.45. The van der Waals surface area contributed by atoms with Crippen LogP contribution in [0.4, 0.5) is 0 Å². The largest absolute Gasteiger partial charge is 0.287 e. The van der Waals surface area contributed by atoms with Crippen LogP contribution in [0.2, 0.25) is 0 Å². The van der Waals surface area contributed by atoms with E-state index in [1.807, 2.05) is 143 Å². The Morgan fingerprint density at radius 3 is 1.06 bits per heavy atom. The quantitative estimate of drug-likeness (QED) is 0.0614. The first-order valence-electron chi connectivity index (χ1n) is 21.1. The Morgan fingerprint density at radius 2 is 0.790 bits per heavy atom. The zero-order valence-corrected chi connectivity index (χ0v) is 44.5. The summed E-state index contributed by atoms with van der Waals surface area (Å²) < 4.78 is 8.19. The zero-order valence-electron chi connectivity index (χ0n) is 36.3. The average Bonchev–Trinajstić information content (AvgIpc) is 3.83. The van der Waals surface area contributed by atoms with E-state index in [0.29, 0.717) is 0 Å². The van der Waals surface area contributed by atoms with E-state index in [4.69, 9.17) is 0 Å². The molecule has 0 unspecified atom stereocenters. The maximum Gasteiger partial charge on any atom is 0.190 e. The molecule has 0 saturated heterocycles. The predicted molar refractivity (Wildman–Crippen MR) is 294 cm³/mol. The lowest BCUT2D eigenvalue weighted by molar-refractivity contribution is -0.109. The third-order valence-corrected chi connectivity index (χ3v) is 21.4. The van der Waals surface area contributed by atoms with Gasteiger partial charge < -0.3 is 0 Å². The molecule has 326 valence electrons. The molecule has 0 aromatic heterocycles. The minimum Gasteiger partial charge on any atom is -0.287 e. The highest BCUT2D eigenvalue weighted by molar-refractivity contribution is 8.41. The molecule has 62 heavy (non-hydrogen) atoms. The van der Waals surface area contributed by atoms with Crippen molar-refractivity contribution < 1.29 is 9.59 Å². The molecule has 0 amide bonds. The number of carbonyl (C=O) groups excluding carboxylic acids is 2. The van der Waals surface area contributed by atoms with Crippen LogP contribution in [0.15, 0.2) is 95.9 Å². The summed E-state index contributed by atoms with van der Waals surface area (Å²) in [5.74, 6) is 18.6. The first-order chi connectivity index (χ1) is 30.2. The monoisotopic (exact) mass is 1010 g/mol. The van der Waals surface area contributed by atoms with Gasteiger partial charge in [0.1, 0.15) is 0 Å². The van der Waals surface area contributed by atoms with E-state index in [9.17, 15) is 9.59 Å². The Bertz CT molecular complexity index is 2060. The highest BCUT2D eigenvalue weighted by Crippen LogP contribution is 2.59. The molecule has 2 nitrogen and oxygen atoms in total. The molecule has 0 N–H and O–H groups in total. The van der Waals surface area contributed by atoms with Gasteiger partial charge in [-0.1, -0.05) is 148 Å². The summed E-state index contributed by atoms with van der Waals surface area (Å²) in [6, 6.07) is 20.4. The van der Waals surface area contributed by atoms with Crippen LogP contribution in [-0.4, -0.2) is 33.2 Å². The molecular weight excluding hydrogens is 953 g/mol. The van der Waals surface area contributed by atoms with Gasteiger partial charge in [0.05, 0.1) is 25.4 Å². The lowest BCUT2D eigenvalue weighted by atomic mass is 9.98. The Morgan fingerprint density at radius 1 is 0.484 bits per heavy atom. The molecule has 2 aliphatic rings. The predicted octanol–water partition coefficient (Wildman–Crippen LogP) is 17.7. The molecule has 0 radical (unpaired) electrons. The average molecular weight is 1010 g/mol.